The number of carbonyl (C=O) groups is 1. The van der Waals surface area contributed by atoms with E-state index in [0.717, 1.165) is 31.7 Å². The van der Waals surface area contributed by atoms with Gasteiger partial charge < -0.3 is 14.9 Å². The van der Waals surface area contributed by atoms with Crippen molar-refractivity contribution < 1.29 is 9.90 Å². The molecule has 1 aliphatic rings. The first-order valence-electron chi connectivity index (χ1n) is 6.79. The van der Waals surface area contributed by atoms with Crippen molar-refractivity contribution >= 4 is 5.91 Å². The predicted molar refractivity (Wildman–Crippen MR) is 75.6 cm³/mol. The standard InChI is InChI=1S/C15H22N2O2/c1-11(2)12-4-5-13(14(18)10-12)15(19)17-8-6-16(3)7-9-17/h4-5,10-11,18H,6-9H2,1-3H3. The van der Waals surface area contributed by atoms with Crippen LogP contribution in [0.15, 0.2) is 18.2 Å². The lowest BCUT2D eigenvalue weighted by atomic mass is 10.0. The fraction of sp³-hybridized carbons (Fsp3) is 0.533. The Bertz CT molecular complexity index is 463. The number of nitrogens with zero attached hydrogens (tertiary/aromatic N) is 2. The van der Waals surface area contributed by atoms with Crippen LogP contribution in [0.1, 0.15) is 35.7 Å². The minimum Gasteiger partial charge on any atom is -0.507 e. The Morgan fingerprint density at radius 2 is 1.84 bits per heavy atom. The highest BCUT2D eigenvalue weighted by molar-refractivity contribution is 5.97. The van der Waals surface area contributed by atoms with Crippen molar-refractivity contribution in [3.63, 3.8) is 0 Å². The van der Waals surface area contributed by atoms with Gasteiger partial charge in [0.15, 0.2) is 0 Å². The molecule has 1 saturated heterocycles. The maximum atomic E-state index is 12.4. The van der Waals surface area contributed by atoms with E-state index in [0.29, 0.717) is 11.5 Å². The Kier molecular flexibility index (Phi) is 4.10. The van der Waals surface area contributed by atoms with Crippen LogP contribution in [0, 0.1) is 0 Å². The molecule has 19 heavy (non-hydrogen) atoms. The zero-order valence-electron chi connectivity index (χ0n) is 11.9. The number of aromatic hydroxyl groups is 1. The first-order valence-corrected chi connectivity index (χ1v) is 6.79. The highest BCUT2D eigenvalue weighted by atomic mass is 16.3. The summed E-state index contributed by atoms with van der Waals surface area (Å²) >= 11 is 0. The number of likely N-dealkylation sites (N-methyl/N-ethyl adjacent to an activating group) is 1. The van der Waals surface area contributed by atoms with Gasteiger partial charge in [0, 0.05) is 26.2 Å². The van der Waals surface area contributed by atoms with E-state index in [1.165, 1.54) is 0 Å². The second-order valence-corrected chi connectivity index (χ2v) is 5.53. The average molecular weight is 262 g/mol. The third-order valence-corrected chi connectivity index (χ3v) is 3.71. The predicted octanol–water partition coefficient (Wildman–Crippen LogP) is 1.90. The van der Waals surface area contributed by atoms with E-state index in [1.807, 2.05) is 11.0 Å². The molecule has 0 aromatic heterocycles. The van der Waals surface area contributed by atoms with Gasteiger partial charge in [-0.2, -0.15) is 0 Å². The Morgan fingerprint density at radius 3 is 2.37 bits per heavy atom. The number of piperazine rings is 1. The number of carbonyl (C=O) groups excluding carboxylic acids is 1. The number of hydrogen-bond acceptors (Lipinski definition) is 3. The summed E-state index contributed by atoms with van der Waals surface area (Å²) in [5.74, 6) is 0.370. The van der Waals surface area contributed by atoms with Gasteiger partial charge in [-0.3, -0.25) is 4.79 Å². The minimum absolute atomic E-state index is 0.0686. The van der Waals surface area contributed by atoms with Gasteiger partial charge in [0.1, 0.15) is 5.75 Å². The molecule has 1 aliphatic heterocycles. The highest BCUT2D eigenvalue weighted by Crippen LogP contribution is 2.25. The van der Waals surface area contributed by atoms with Crippen LogP contribution in [0.25, 0.3) is 0 Å². The van der Waals surface area contributed by atoms with Gasteiger partial charge in [-0.25, -0.2) is 0 Å². The van der Waals surface area contributed by atoms with Crippen molar-refractivity contribution in [2.45, 2.75) is 19.8 Å². The smallest absolute Gasteiger partial charge is 0.257 e. The van der Waals surface area contributed by atoms with Crippen molar-refractivity contribution in [1.82, 2.24) is 9.80 Å². The average Bonchev–Trinajstić information content (AvgIpc) is 2.38. The van der Waals surface area contributed by atoms with E-state index >= 15 is 0 Å². The van der Waals surface area contributed by atoms with Crippen LogP contribution in [0.4, 0.5) is 0 Å². The molecule has 104 valence electrons. The van der Waals surface area contributed by atoms with E-state index in [-0.39, 0.29) is 11.7 Å². The van der Waals surface area contributed by atoms with Gasteiger partial charge in [-0.05, 0) is 30.7 Å². The van der Waals surface area contributed by atoms with Crippen LogP contribution in [0.3, 0.4) is 0 Å². The molecule has 0 spiro atoms. The van der Waals surface area contributed by atoms with E-state index in [4.69, 9.17) is 0 Å². The third kappa shape index (κ3) is 3.07. The molecule has 1 fully saturated rings. The molecule has 4 heteroatoms. The zero-order chi connectivity index (χ0) is 14.0. The molecular weight excluding hydrogens is 240 g/mol. The molecule has 1 aromatic carbocycles. The first-order chi connectivity index (χ1) is 8.99. The Balaban J connectivity index is 2.15. The quantitative estimate of drug-likeness (QED) is 0.885. The molecule has 1 aromatic rings. The monoisotopic (exact) mass is 262 g/mol. The fourth-order valence-corrected chi connectivity index (χ4v) is 2.27. The molecule has 0 aliphatic carbocycles. The van der Waals surface area contributed by atoms with Crippen LogP contribution < -0.4 is 0 Å². The summed E-state index contributed by atoms with van der Waals surface area (Å²) in [6.07, 6.45) is 0. The van der Waals surface area contributed by atoms with E-state index in [2.05, 4.69) is 25.8 Å². The summed E-state index contributed by atoms with van der Waals surface area (Å²) in [6.45, 7) is 7.35. The number of rotatable bonds is 2. The third-order valence-electron chi connectivity index (χ3n) is 3.71. The molecule has 0 atom stereocenters. The lowest BCUT2D eigenvalue weighted by Gasteiger charge is -2.32. The maximum absolute atomic E-state index is 12.4. The number of benzene rings is 1. The van der Waals surface area contributed by atoms with Crippen molar-refractivity contribution in [2.75, 3.05) is 33.2 Å². The second-order valence-electron chi connectivity index (χ2n) is 5.53. The molecule has 1 heterocycles. The van der Waals surface area contributed by atoms with E-state index < -0.39 is 0 Å². The van der Waals surface area contributed by atoms with Crippen LogP contribution in [-0.2, 0) is 0 Å². The van der Waals surface area contributed by atoms with Crippen LogP contribution in [-0.4, -0.2) is 54.0 Å². The Morgan fingerprint density at radius 1 is 1.21 bits per heavy atom. The lowest BCUT2D eigenvalue weighted by molar-refractivity contribution is 0.0661. The maximum Gasteiger partial charge on any atom is 0.257 e. The number of phenolic OH excluding ortho intramolecular Hbond substituents is 1. The molecule has 0 bridgehead atoms. The van der Waals surface area contributed by atoms with Crippen molar-refractivity contribution in [1.29, 1.82) is 0 Å². The Hall–Kier alpha value is -1.55. The number of phenols is 1. The fourth-order valence-electron chi connectivity index (χ4n) is 2.27. The van der Waals surface area contributed by atoms with Gasteiger partial charge in [0.2, 0.25) is 0 Å². The van der Waals surface area contributed by atoms with Gasteiger partial charge in [0.25, 0.3) is 5.91 Å². The highest BCUT2D eigenvalue weighted by Gasteiger charge is 2.22. The van der Waals surface area contributed by atoms with Gasteiger partial charge in [-0.1, -0.05) is 19.9 Å². The second kappa shape index (κ2) is 5.61. The number of amides is 1. The molecule has 0 saturated carbocycles. The Labute approximate surface area is 114 Å². The number of hydrogen-bond donors (Lipinski definition) is 1. The molecule has 0 radical (unpaired) electrons. The van der Waals surface area contributed by atoms with E-state index in [9.17, 15) is 9.90 Å². The van der Waals surface area contributed by atoms with E-state index in [1.54, 1.807) is 12.1 Å². The largest absolute Gasteiger partial charge is 0.507 e. The lowest BCUT2D eigenvalue weighted by Crippen LogP contribution is -2.47. The minimum atomic E-state index is -0.0686. The van der Waals surface area contributed by atoms with Crippen LogP contribution in [0.5, 0.6) is 5.75 Å². The summed E-state index contributed by atoms with van der Waals surface area (Å²) in [4.78, 5) is 16.4. The van der Waals surface area contributed by atoms with Crippen LogP contribution >= 0.6 is 0 Å². The van der Waals surface area contributed by atoms with Gasteiger partial charge >= 0.3 is 0 Å². The van der Waals surface area contributed by atoms with Gasteiger partial charge in [-0.15, -0.1) is 0 Å². The normalized spacial score (nSPS) is 16.9. The summed E-state index contributed by atoms with van der Waals surface area (Å²) in [7, 11) is 2.05. The summed E-state index contributed by atoms with van der Waals surface area (Å²) < 4.78 is 0. The molecular formula is C15H22N2O2. The first kappa shape index (κ1) is 13.9. The molecule has 1 amide bonds. The summed E-state index contributed by atoms with van der Waals surface area (Å²) in [6, 6.07) is 5.37. The van der Waals surface area contributed by atoms with Crippen LogP contribution in [0.2, 0.25) is 0 Å². The molecule has 2 rings (SSSR count). The summed E-state index contributed by atoms with van der Waals surface area (Å²) in [5, 5.41) is 10.0. The summed E-state index contributed by atoms with van der Waals surface area (Å²) in [5.41, 5.74) is 1.46. The topological polar surface area (TPSA) is 43.8 Å². The van der Waals surface area contributed by atoms with Crippen molar-refractivity contribution in [2.24, 2.45) is 0 Å². The zero-order valence-corrected chi connectivity index (χ0v) is 11.9. The molecule has 1 N–H and O–H groups in total. The van der Waals surface area contributed by atoms with Gasteiger partial charge in [0.05, 0.1) is 5.56 Å². The van der Waals surface area contributed by atoms with Crippen molar-refractivity contribution in [3.05, 3.63) is 29.3 Å². The molecule has 0 unspecified atom stereocenters. The molecule has 4 nitrogen and oxygen atoms in total. The van der Waals surface area contributed by atoms with Crippen molar-refractivity contribution in [3.8, 4) is 5.75 Å². The SMILES string of the molecule is CC(C)c1ccc(C(=O)N2CCN(C)CC2)c(O)c1.